The summed E-state index contributed by atoms with van der Waals surface area (Å²) in [7, 11) is 0. The van der Waals surface area contributed by atoms with Crippen LogP contribution in [0.25, 0.3) is 0 Å². The Kier molecular flexibility index (Phi) is 2.56. The maximum absolute atomic E-state index is 4.09. The molecule has 2 aromatic heterocycles. The van der Waals surface area contributed by atoms with Gasteiger partial charge < -0.3 is 0 Å². The van der Waals surface area contributed by atoms with Gasteiger partial charge in [-0.15, -0.1) is 44.4 Å². The zero-order valence-corrected chi connectivity index (χ0v) is 9.29. The molecule has 0 aromatic carbocycles. The summed E-state index contributed by atoms with van der Waals surface area (Å²) in [5, 5.41) is 18.6. The average molecular weight is 230 g/mol. The van der Waals surface area contributed by atoms with Crippen LogP contribution in [0.2, 0.25) is 0 Å². The standard InChI is InChI=1S/C6H6N4S3/c1-3-7-8-4(12-3)2-5-9-10-6(11)13-5/h2H2,1H3,(H,10,11). The Morgan fingerprint density at radius 1 is 1.08 bits per heavy atom. The highest BCUT2D eigenvalue weighted by atomic mass is 32.2. The first-order chi connectivity index (χ1) is 6.24. The molecule has 0 N–H and O–H groups in total. The molecule has 0 bridgehead atoms. The molecule has 0 saturated carbocycles. The Hall–Kier alpha value is -0.530. The van der Waals surface area contributed by atoms with Crippen molar-refractivity contribution in [2.45, 2.75) is 17.7 Å². The molecule has 0 aliphatic heterocycles. The number of aromatic nitrogens is 4. The molecule has 0 radical (unpaired) electrons. The molecule has 0 aliphatic carbocycles. The Bertz CT molecular complexity index is 369. The van der Waals surface area contributed by atoms with Crippen molar-refractivity contribution < 1.29 is 0 Å². The van der Waals surface area contributed by atoms with Gasteiger partial charge in [-0.05, 0) is 6.92 Å². The van der Waals surface area contributed by atoms with Crippen LogP contribution in [0.5, 0.6) is 0 Å². The fourth-order valence-corrected chi connectivity index (χ4v) is 2.60. The largest absolute Gasteiger partial charge is 0.171 e. The molecule has 2 rings (SSSR count). The third-order valence-corrected chi connectivity index (χ3v) is 3.25. The molecule has 0 saturated heterocycles. The van der Waals surface area contributed by atoms with Crippen molar-refractivity contribution in [2.24, 2.45) is 0 Å². The van der Waals surface area contributed by atoms with E-state index in [1.165, 1.54) is 11.3 Å². The maximum atomic E-state index is 4.09. The number of nitrogens with zero attached hydrogens (tertiary/aromatic N) is 4. The Morgan fingerprint density at radius 3 is 2.31 bits per heavy atom. The summed E-state index contributed by atoms with van der Waals surface area (Å²) in [6.07, 6.45) is 0.712. The number of aryl methyl sites for hydroxylation is 1. The van der Waals surface area contributed by atoms with Crippen molar-refractivity contribution in [2.75, 3.05) is 0 Å². The predicted molar refractivity (Wildman–Crippen MR) is 54.6 cm³/mol. The Labute approximate surface area is 88.5 Å². The van der Waals surface area contributed by atoms with Crippen LogP contribution in [0.1, 0.15) is 15.0 Å². The van der Waals surface area contributed by atoms with Crippen molar-refractivity contribution in [3.05, 3.63) is 15.0 Å². The molecule has 0 fully saturated rings. The number of rotatable bonds is 2. The van der Waals surface area contributed by atoms with E-state index in [0.29, 0.717) is 10.8 Å². The molecule has 2 aromatic rings. The van der Waals surface area contributed by atoms with E-state index >= 15 is 0 Å². The van der Waals surface area contributed by atoms with Gasteiger partial charge in [-0.3, -0.25) is 0 Å². The van der Waals surface area contributed by atoms with Gasteiger partial charge in [-0.2, -0.15) is 0 Å². The van der Waals surface area contributed by atoms with Gasteiger partial charge in [0.2, 0.25) is 0 Å². The molecule has 0 unspecified atom stereocenters. The fraction of sp³-hybridized carbons (Fsp3) is 0.333. The van der Waals surface area contributed by atoms with E-state index in [1.54, 1.807) is 11.3 Å². The summed E-state index contributed by atoms with van der Waals surface area (Å²) in [5.74, 6) is 0. The van der Waals surface area contributed by atoms with Gasteiger partial charge in [-0.1, -0.05) is 11.3 Å². The molecule has 7 heteroatoms. The van der Waals surface area contributed by atoms with Gasteiger partial charge in [0, 0.05) is 0 Å². The third-order valence-electron chi connectivity index (χ3n) is 1.33. The van der Waals surface area contributed by atoms with Crippen LogP contribution in [0, 0.1) is 6.92 Å². The summed E-state index contributed by atoms with van der Waals surface area (Å²) in [6.45, 7) is 1.94. The van der Waals surface area contributed by atoms with Crippen molar-refractivity contribution in [1.29, 1.82) is 0 Å². The molecule has 0 spiro atoms. The molecule has 2 heterocycles. The van der Waals surface area contributed by atoms with Crippen LogP contribution >= 0.6 is 35.3 Å². The average Bonchev–Trinajstić information content (AvgIpc) is 2.62. The minimum atomic E-state index is 0.691. The summed E-state index contributed by atoms with van der Waals surface area (Å²) < 4.78 is 0.691. The van der Waals surface area contributed by atoms with Crippen LogP contribution in [-0.4, -0.2) is 20.4 Å². The first-order valence-electron chi connectivity index (χ1n) is 3.54. The summed E-state index contributed by atoms with van der Waals surface area (Å²) in [6, 6.07) is 0. The van der Waals surface area contributed by atoms with E-state index < -0.39 is 0 Å². The first kappa shape index (κ1) is 9.04. The fourth-order valence-electron chi connectivity index (χ4n) is 0.854. The third kappa shape index (κ3) is 2.23. The topological polar surface area (TPSA) is 51.6 Å². The summed E-state index contributed by atoms with van der Waals surface area (Å²) in [5.41, 5.74) is 0. The molecule has 13 heavy (non-hydrogen) atoms. The van der Waals surface area contributed by atoms with Crippen molar-refractivity contribution >= 4 is 35.3 Å². The lowest BCUT2D eigenvalue weighted by Gasteiger charge is -1.85. The quantitative estimate of drug-likeness (QED) is 0.796. The molecule has 0 aliphatic rings. The lowest BCUT2D eigenvalue weighted by atomic mass is 10.5. The van der Waals surface area contributed by atoms with Gasteiger partial charge in [0.15, 0.2) is 4.34 Å². The van der Waals surface area contributed by atoms with Crippen LogP contribution in [0.3, 0.4) is 0 Å². The second-order valence-corrected chi connectivity index (χ2v) is 5.42. The van der Waals surface area contributed by atoms with Gasteiger partial charge in [0.25, 0.3) is 0 Å². The van der Waals surface area contributed by atoms with Gasteiger partial charge in [0.1, 0.15) is 15.0 Å². The summed E-state index contributed by atoms with van der Waals surface area (Å²) >= 11 is 7.15. The highest BCUT2D eigenvalue weighted by Gasteiger charge is 2.06. The molecule has 0 amide bonds. The maximum Gasteiger partial charge on any atom is 0.171 e. The Morgan fingerprint density at radius 2 is 1.77 bits per heavy atom. The molecular formula is C6H6N4S3. The zero-order valence-electron chi connectivity index (χ0n) is 6.76. The number of thiol groups is 1. The minimum absolute atomic E-state index is 0.691. The van der Waals surface area contributed by atoms with Gasteiger partial charge in [0.05, 0.1) is 6.42 Å². The van der Waals surface area contributed by atoms with Crippen LogP contribution < -0.4 is 0 Å². The number of hydrogen-bond acceptors (Lipinski definition) is 7. The SMILES string of the molecule is Cc1nnc(Cc2nnc(S)s2)s1. The molecule has 4 nitrogen and oxygen atoms in total. The lowest BCUT2D eigenvalue weighted by molar-refractivity contribution is 0.930. The zero-order chi connectivity index (χ0) is 9.26. The van der Waals surface area contributed by atoms with Crippen LogP contribution in [0.15, 0.2) is 4.34 Å². The highest BCUT2D eigenvalue weighted by molar-refractivity contribution is 7.82. The van der Waals surface area contributed by atoms with E-state index in [9.17, 15) is 0 Å². The van der Waals surface area contributed by atoms with Crippen molar-refractivity contribution in [1.82, 2.24) is 20.4 Å². The van der Waals surface area contributed by atoms with Crippen LogP contribution in [-0.2, 0) is 6.42 Å². The van der Waals surface area contributed by atoms with Crippen molar-refractivity contribution in [3.8, 4) is 0 Å². The van der Waals surface area contributed by atoms with Crippen LogP contribution in [0.4, 0.5) is 0 Å². The highest BCUT2D eigenvalue weighted by Crippen LogP contribution is 2.18. The minimum Gasteiger partial charge on any atom is -0.144 e. The van der Waals surface area contributed by atoms with E-state index in [1.807, 2.05) is 6.92 Å². The monoisotopic (exact) mass is 230 g/mol. The molecule has 0 atom stereocenters. The first-order valence-corrected chi connectivity index (χ1v) is 5.62. The molecular weight excluding hydrogens is 224 g/mol. The molecule has 68 valence electrons. The number of hydrogen-bond donors (Lipinski definition) is 1. The predicted octanol–water partition coefficient (Wildman–Crippen LogP) is 1.58. The van der Waals surface area contributed by atoms with E-state index in [0.717, 1.165) is 15.0 Å². The van der Waals surface area contributed by atoms with E-state index in [-0.39, 0.29) is 0 Å². The second-order valence-electron chi connectivity index (χ2n) is 2.37. The van der Waals surface area contributed by atoms with E-state index in [4.69, 9.17) is 0 Å². The van der Waals surface area contributed by atoms with Crippen molar-refractivity contribution in [3.63, 3.8) is 0 Å². The van der Waals surface area contributed by atoms with Gasteiger partial charge in [-0.25, -0.2) is 0 Å². The summed E-state index contributed by atoms with van der Waals surface area (Å²) in [4.78, 5) is 0. The normalized spacial score (nSPS) is 10.6. The smallest absolute Gasteiger partial charge is 0.144 e. The lowest BCUT2D eigenvalue weighted by Crippen LogP contribution is -1.85. The van der Waals surface area contributed by atoms with Gasteiger partial charge >= 0.3 is 0 Å². The van der Waals surface area contributed by atoms with E-state index in [2.05, 4.69) is 33.0 Å². The second kappa shape index (κ2) is 3.69. The Balaban J connectivity index is 2.14.